The molecule has 0 bridgehead atoms. The maximum Gasteiger partial charge on any atom is 0.401 e. The van der Waals surface area contributed by atoms with Crippen molar-refractivity contribution in [2.75, 3.05) is 26.2 Å². The van der Waals surface area contributed by atoms with E-state index in [1.54, 1.807) is 0 Å². The van der Waals surface area contributed by atoms with Crippen molar-refractivity contribution in [1.82, 2.24) is 4.90 Å². The highest BCUT2D eigenvalue weighted by Crippen LogP contribution is 2.49. The Kier molecular flexibility index (Phi) is 6.56. The number of hydrogen-bond acceptors (Lipinski definition) is 3. The van der Waals surface area contributed by atoms with Crippen LogP contribution in [0.15, 0.2) is 12.1 Å². The lowest BCUT2D eigenvalue weighted by Gasteiger charge is -2.32. The van der Waals surface area contributed by atoms with Crippen molar-refractivity contribution >= 4 is 5.78 Å². The Morgan fingerprint density at radius 3 is 2.29 bits per heavy atom. The molecule has 0 unspecified atom stereocenters. The third-order valence-electron chi connectivity index (χ3n) is 6.84. The molecule has 2 aliphatic carbocycles. The molecule has 3 aliphatic rings. The van der Waals surface area contributed by atoms with E-state index < -0.39 is 35.7 Å². The van der Waals surface area contributed by atoms with Gasteiger partial charge in [0.1, 0.15) is 17.4 Å². The van der Waals surface area contributed by atoms with Crippen LogP contribution in [-0.2, 0) is 0 Å². The minimum absolute atomic E-state index is 0.0793. The molecule has 172 valence electrons. The van der Waals surface area contributed by atoms with Gasteiger partial charge >= 0.3 is 6.18 Å². The number of benzene rings is 1. The molecular weight excluding hydrogens is 417 g/mol. The lowest BCUT2D eigenvalue weighted by molar-refractivity contribution is -0.148. The molecule has 4 rings (SSSR count). The summed E-state index contributed by atoms with van der Waals surface area (Å²) in [6.07, 6.45) is 1.26. The average Bonchev–Trinajstić information content (AvgIpc) is 3.57. The summed E-state index contributed by atoms with van der Waals surface area (Å²) in [6, 6.07) is 2.15. The Balaban J connectivity index is 1.19. The molecule has 31 heavy (non-hydrogen) atoms. The maximum absolute atomic E-state index is 14.3. The smallest absolute Gasteiger partial charge is 0.401 e. The molecule has 1 aromatic carbocycles. The van der Waals surface area contributed by atoms with Gasteiger partial charge in [0, 0.05) is 18.6 Å². The number of Topliss-reactive ketones (excluding diaryl/α,β-unsaturated/α-hetero) is 1. The summed E-state index contributed by atoms with van der Waals surface area (Å²) in [4.78, 5) is 13.5. The maximum atomic E-state index is 14.3. The SMILES string of the molecule is O=C(CC1CC1)c1c(F)cc(OCC[C@@H]2C[C@@H]2C2CCN(CC(F)(F)F)CC2)cc1F. The number of carbonyl (C=O) groups is 1. The molecule has 0 aromatic heterocycles. The molecule has 0 N–H and O–H groups in total. The van der Waals surface area contributed by atoms with Crippen molar-refractivity contribution in [3.8, 4) is 5.75 Å². The Labute approximate surface area is 178 Å². The van der Waals surface area contributed by atoms with Crippen molar-refractivity contribution in [2.45, 2.75) is 51.1 Å². The molecule has 3 fully saturated rings. The molecule has 0 radical (unpaired) electrons. The van der Waals surface area contributed by atoms with Crippen LogP contribution in [-0.4, -0.2) is 43.1 Å². The lowest BCUT2D eigenvalue weighted by Crippen LogP contribution is -2.40. The normalized spacial score (nSPS) is 24.9. The van der Waals surface area contributed by atoms with Gasteiger partial charge in [-0.15, -0.1) is 0 Å². The number of rotatable bonds is 9. The number of alkyl halides is 3. The summed E-state index contributed by atoms with van der Waals surface area (Å²) in [5, 5.41) is 0. The molecule has 2 saturated carbocycles. The first kappa shape index (κ1) is 22.5. The molecule has 3 nitrogen and oxygen atoms in total. The molecule has 0 amide bonds. The minimum Gasteiger partial charge on any atom is -0.493 e. The number of likely N-dealkylation sites (tertiary alicyclic amines) is 1. The van der Waals surface area contributed by atoms with Crippen molar-refractivity contribution in [1.29, 1.82) is 0 Å². The predicted molar refractivity (Wildman–Crippen MR) is 105 cm³/mol. The zero-order chi connectivity index (χ0) is 22.2. The van der Waals surface area contributed by atoms with Gasteiger partial charge in [0.15, 0.2) is 5.78 Å². The number of ketones is 1. The molecule has 2 atom stereocenters. The van der Waals surface area contributed by atoms with Gasteiger partial charge < -0.3 is 4.74 Å². The first-order chi connectivity index (χ1) is 14.7. The van der Waals surface area contributed by atoms with E-state index in [1.807, 2.05) is 0 Å². The van der Waals surface area contributed by atoms with Crippen LogP contribution < -0.4 is 4.74 Å². The highest BCUT2D eigenvalue weighted by molar-refractivity contribution is 5.97. The number of halogens is 5. The van der Waals surface area contributed by atoms with Crippen molar-refractivity contribution in [3.05, 3.63) is 29.3 Å². The second-order valence-electron chi connectivity index (χ2n) is 9.36. The van der Waals surface area contributed by atoms with Gasteiger partial charge in [0.05, 0.1) is 18.7 Å². The Morgan fingerprint density at radius 2 is 1.71 bits per heavy atom. The number of carbonyl (C=O) groups excluding carboxylic acids is 1. The molecule has 1 saturated heterocycles. The van der Waals surface area contributed by atoms with Crippen molar-refractivity contribution in [3.63, 3.8) is 0 Å². The Morgan fingerprint density at radius 1 is 1.06 bits per heavy atom. The third kappa shape index (κ3) is 6.18. The fourth-order valence-electron chi connectivity index (χ4n) is 4.89. The molecule has 0 spiro atoms. The lowest BCUT2D eigenvalue weighted by atomic mass is 9.90. The van der Waals surface area contributed by atoms with E-state index in [4.69, 9.17) is 4.74 Å². The van der Waals surface area contributed by atoms with E-state index in [-0.39, 0.29) is 18.1 Å². The number of hydrogen-bond donors (Lipinski definition) is 0. The topological polar surface area (TPSA) is 29.5 Å². The summed E-state index contributed by atoms with van der Waals surface area (Å²) in [5.41, 5.74) is -0.474. The van der Waals surface area contributed by atoms with Crippen LogP contribution in [0, 0.1) is 35.3 Å². The van der Waals surface area contributed by atoms with E-state index in [0.29, 0.717) is 37.5 Å². The fraction of sp³-hybridized carbons (Fsp3) is 0.696. The highest BCUT2D eigenvalue weighted by Gasteiger charge is 2.44. The van der Waals surface area contributed by atoms with Crippen molar-refractivity contribution in [2.24, 2.45) is 23.7 Å². The van der Waals surface area contributed by atoms with Crippen LogP contribution in [0.2, 0.25) is 0 Å². The van der Waals surface area contributed by atoms with Crippen LogP contribution in [0.3, 0.4) is 0 Å². The van der Waals surface area contributed by atoms with Gasteiger partial charge in [-0.1, -0.05) is 0 Å². The van der Waals surface area contributed by atoms with Crippen LogP contribution in [0.4, 0.5) is 22.0 Å². The van der Waals surface area contributed by atoms with E-state index >= 15 is 0 Å². The van der Waals surface area contributed by atoms with Gasteiger partial charge in [-0.05, 0) is 75.3 Å². The highest BCUT2D eigenvalue weighted by atomic mass is 19.4. The van der Waals surface area contributed by atoms with Gasteiger partial charge in [0.25, 0.3) is 0 Å². The van der Waals surface area contributed by atoms with Gasteiger partial charge in [-0.2, -0.15) is 13.2 Å². The minimum atomic E-state index is -4.14. The van der Waals surface area contributed by atoms with Gasteiger partial charge in [-0.3, -0.25) is 9.69 Å². The number of piperidine rings is 1. The summed E-state index contributed by atoms with van der Waals surface area (Å²) in [7, 11) is 0. The predicted octanol–water partition coefficient (Wildman–Crippen LogP) is 5.63. The quantitative estimate of drug-likeness (QED) is 0.365. The Hall–Kier alpha value is -1.70. The summed E-state index contributed by atoms with van der Waals surface area (Å²) >= 11 is 0. The van der Waals surface area contributed by atoms with E-state index in [9.17, 15) is 26.7 Å². The molecular formula is C23H28F5NO2. The number of nitrogens with zero attached hydrogens (tertiary/aromatic N) is 1. The summed E-state index contributed by atoms with van der Waals surface area (Å²) in [6.45, 7) is 0.449. The van der Waals surface area contributed by atoms with Crippen molar-refractivity contribution < 1.29 is 31.5 Å². The monoisotopic (exact) mass is 445 g/mol. The van der Waals surface area contributed by atoms with Crippen LogP contribution >= 0.6 is 0 Å². The summed E-state index contributed by atoms with van der Waals surface area (Å²) in [5.74, 6) is -0.513. The first-order valence-electron chi connectivity index (χ1n) is 11.1. The zero-order valence-electron chi connectivity index (χ0n) is 17.4. The van der Waals surface area contributed by atoms with Crippen LogP contribution in [0.5, 0.6) is 5.75 Å². The second kappa shape index (κ2) is 9.04. The molecule has 8 heteroatoms. The average molecular weight is 445 g/mol. The van der Waals surface area contributed by atoms with Gasteiger partial charge in [-0.25, -0.2) is 8.78 Å². The molecule has 1 heterocycles. The fourth-order valence-corrected chi connectivity index (χ4v) is 4.89. The second-order valence-corrected chi connectivity index (χ2v) is 9.36. The van der Waals surface area contributed by atoms with E-state index in [2.05, 4.69) is 0 Å². The molecule has 1 aromatic rings. The summed E-state index contributed by atoms with van der Waals surface area (Å²) < 4.78 is 71.5. The third-order valence-corrected chi connectivity index (χ3v) is 6.84. The number of ether oxygens (including phenoxy) is 1. The van der Waals surface area contributed by atoms with Crippen LogP contribution in [0.1, 0.15) is 55.3 Å². The molecule has 1 aliphatic heterocycles. The first-order valence-corrected chi connectivity index (χ1v) is 11.1. The van der Waals surface area contributed by atoms with Gasteiger partial charge in [0.2, 0.25) is 0 Å². The van der Waals surface area contributed by atoms with E-state index in [0.717, 1.165) is 50.7 Å². The zero-order valence-corrected chi connectivity index (χ0v) is 17.4. The largest absolute Gasteiger partial charge is 0.493 e. The van der Waals surface area contributed by atoms with E-state index in [1.165, 1.54) is 4.90 Å². The van der Waals surface area contributed by atoms with Crippen LogP contribution in [0.25, 0.3) is 0 Å². The Bertz CT molecular complexity index is 777. The standard InChI is InChI=1S/C23H28F5NO2/c24-19-11-17(12-20(25)22(19)21(30)9-14-1-2-14)31-8-5-16-10-18(16)15-3-6-29(7-4-15)13-23(26,27)28/h11-12,14-16,18H,1-10,13H2/t16-,18-/m1/s1.